The van der Waals surface area contributed by atoms with Gasteiger partial charge in [0.05, 0.1) is 5.75 Å². The smallest absolute Gasteiger partial charge is 0.232 e. The summed E-state index contributed by atoms with van der Waals surface area (Å²) in [6.07, 6.45) is 7.47. The van der Waals surface area contributed by atoms with E-state index < -0.39 is 0 Å². The van der Waals surface area contributed by atoms with Crippen molar-refractivity contribution in [3.8, 4) is 0 Å². The summed E-state index contributed by atoms with van der Waals surface area (Å²) in [5, 5.41) is 0.477. The molecule has 0 radical (unpaired) electrons. The molecule has 2 unspecified atom stereocenters. The van der Waals surface area contributed by atoms with Gasteiger partial charge in [0.25, 0.3) is 0 Å². The number of hydrogen-bond donors (Lipinski definition) is 1. The number of rotatable bonds is 5. The van der Waals surface area contributed by atoms with Crippen LogP contribution >= 0.6 is 11.8 Å². The molecule has 0 aliphatic heterocycles. The van der Waals surface area contributed by atoms with E-state index in [0.717, 1.165) is 19.5 Å². The maximum atomic E-state index is 12.0. The monoisotopic (exact) mass is 272 g/mol. The molecule has 0 spiro atoms. The van der Waals surface area contributed by atoms with Gasteiger partial charge in [-0.25, -0.2) is 0 Å². The Morgan fingerprint density at radius 1 is 1.17 bits per heavy atom. The molecule has 0 saturated heterocycles. The van der Waals surface area contributed by atoms with E-state index in [4.69, 9.17) is 5.73 Å². The second kappa shape index (κ2) is 8.81. The number of carbonyl (C=O) groups excluding carboxylic acids is 1. The molecule has 106 valence electrons. The minimum Gasteiger partial charge on any atom is -0.343 e. The quantitative estimate of drug-likeness (QED) is 0.837. The van der Waals surface area contributed by atoms with Crippen LogP contribution in [0.3, 0.4) is 0 Å². The maximum absolute atomic E-state index is 12.0. The van der Waals surface area contributed by atoms with Crippen molar-refractivity contribution in [1.29, 1.82) is 0 Å². The molecule has 1 fully saturated rings. The molecule has 1 rings (SSSR count). The van der Waals surface area contributed by atoms with Gasteiger partial charge in [-0.3, -0.25) is 4.79 Å². The zero-order valence-corrected chi connectivity index (χ0v) is 12.7. The average Bonchev–Trinajstić information content (AvgIpc) is 2.35. The Balaban J connectivity index is 2.37. The third kappa shape index (κ3) is 5.19. The molecule has 0 aromatic rings. The van der Waals surface area contributed by atoms with Gasteiger partial charge in [-0.05, 0) is 26.7 Å². The van der Waals surface area contributed by atoms with Crippen LogP contribution in [-0.4, -0.2) is 40.9 Å². The van der Waals surface area contributed by atoms with Crippen molar-refractivity contribution >= 4 is 17.7 Å². The number of thioether (sulfide) groups is 1. The largest absolute Gasteiger partial charge is 0.343 e. The molecule has 3 nitrogen and oxygen atoms in total. The lowest BCUT2D eigenvalue weighted by atomic mass is 9.97. The first-order valence-corrected chi connectivity index (χ1v) is 8.38. The number of amides is 1. The fourth-order valence-corrected chi connectivity index (χ4v) is 3.79. The summed E-state index contributed by atoms with van der Waals surface area (Å²) in [6, 6.07) is 0.278. The summed E-state index contributed by atoms with van der Waals surface area (Å²) in [7, 11) is 0. The fourth-order valence-electron chi connectivity index (χ4n) is 2.53. The molecule has 2 N–H and O–H groups in total. The average molecular weight is 272 g/mol. The topological polar surface area (TPSA) is 46.3 Å². The van der Waals surface area contributed by atoms with Crippen molar-refractivity contribution in [2.45, 2.75) is 63.7 Å². The van der Waals surface area contributed by atoms with Crippen LogP contribution in [0.1, 0.15) is 52.4 Å². The zero-order chi connectivity index (χ0) is 13.4. The lowest BCUT2D eigenvalue weighted by molar-refractivity contribution is -0.127. The van der Waals surface area contributed by atoms with Crippen molar-refractivity contribution < 1.29 is 4.79 Å². The van der Waals surface area contributed by atoms with Crippen LogP contribution in [0.15, 0.2) is 0 Å². The molecule has 18 heavy (non-hydrogen) atoms. The second-order valence-corrected chi connectivity index (χ2v) is 6.30. The van der Waals surface area contributed by atoms with Crippen molar-refractivity contribution in [1.82, 2.24) is 4.90 Å². The summed E-state index contributed by atoms with van der Waals surface area (Å²) in [4.78, 5) is 13.9. The Labute approximate surface area is 116 Å². The van der Waals surface area contributed by atoms with Gasteiger partial charge in [0.15, 0.2) is 0 Å². The number of hydrogen-bond acceptors (Lipinski definition) is 3. The highest BCUT2D eigenvalue weighted by atomic mass is 32.2. The van der Waals surface area contributed by atoms with E-state index in [0.29, 0.717) is 11.0 Å². The van der Waals surface area contributed by atoms with Crippen LogP contribution < -0.4 is 5.73 Å². The highest BCUT2D eigenvalue weighted by Gasteiger charge is 2.21. The van der Waals surface area contributed by atoms with Gasteiger partial charge in [-0.15, -0.1) is 11.8 Å². The third-order valence-electron chi connectivity index (χ3n) is 3.79. The van der Waals surface area contributed by atoms with Crippen LogP contribution in [0, 0.1) is 0 Å². The van der Waals surface area contributed by atoms with Crippen molar-refractivity contribution in [3.05, 3.63) is 0 Å². The molecule has 1 saturated carbocycles. The van der Waals surface area contributed by atoms with Gasteiger partial charge in [0.2, 0.25) is 5.91 Å². The SMILES string of the molecule is CCN(CC)C(=O)CSC1CCCCCCC1N. The second-order valence-electron chi connectivity index (χ2n) is 5.07. The molecule has 0 heterocycles. The van der Waals surface area contributed by atoms with E-state index >= 15 is 0 Å². The molecule has 0 aromatic heterocycles. The van der Waals surface area contributed by atoms with Crippen LogP contribution in [0.2, 0.25) is 0 Å². The van der Waals surface area contributed by atoms with Gasteiger partial charge in [0, 0.05) is 24.4 Å². The molecule has 1 amide bonds. The minimum atomic E-state index is 0.263. The molecule has 4 heteroatoms. The van der Waals surface area contributed by atoms with Gasteiger partial charge in [-0.1, -0.05) is 25.7 Å². The normalized spacial score (nSPS) is 25.3. The maximum Gasteiger partial charge on any atom is 0.232 e. The minimum absolute atomic E-state index is 0.263. The Kier molecular flexibility index (Phi) is 7.75. The van der Waals surface area contributed by atoms with Gasteiger partial charge in [-0.2, -0.15) is 0 Å². The summed E-state index contributed by atoms with van der Waals surface area (Å²) < 4.78 is 0. The number of nitrogens with two attached hydrogens (primary N) is 1. The van der Waals surface area contributed by atoms with Gasteiger partial charge >= 0.3 is 0 Å². The Hall–Kier alpha value is -0.220. The van der Waals surface area contributed by atoms with Gasteiger partial charge < -0.3 is 10.6 Å². The summed E-state index contributed by atoms with van der Waals surface area (Å²) in [5.74, 6) is 0.860. The first-order chi connectivity index (χ1) is 8.69. The van der Waals surface area contributed by atoms with Crippen molar-refractivity contribution in [2.75, 3.05) is 18.8 Å². The van der Waals surface area contributed by atoms with Crippen molar-refractivity contribution in [3.63, 3.8) is 0 Å². The number of carbonyl (C=O) groups is 1. The zero-order valence-electron chi connectivity index (χ0n) is 11.9. The number of nitrogens with zero attached hydrogens (tertiary/aromatic N) is 1. The van der Waals surface area contributed by atoms with Crippen molar-refractivity contribution in [2.24, 2.45) is 5.73 Å². The van der Waals surface area contributed by atoms with E-state index in [9.17, 15) is 4.79 Å². The van der Waals surface area contributed by atoms with Crippen LogP contribution in [-0.2, 0) is 4.79 Å². The van der Waals surface area contributed by atoms with Crippen LogP contribution in [0.25, 0.3) is 0 Å². The Bertz CT molecular complexity index is 244. The molecular weight excluding hydrogens is 244 g/mol. The third-order valence-corrected chi connectivity index (χ3v) is 5.22. The molecule has 0 aromatic carbocycles. The fraction of sp³-hybridized carbons (Fsp3) is 0.929. The summed E-state index contributed by atoms with van der Waals surface area (Å²) in [6.45, 7) is 5.69. The van der Waals surface area contributed by atoms with E-state index in [1.54, 1.807) is 11.8 Å². The molecular formula is C14H28N2OS. The van der Waals surface area contributed by atoms with Gasteiger partial charge in [0.1, 0.15) is 0 Å². The first-order valence-electron chi connectivity index (χ1n) is 7.34. The van der Waals surface area contributed by atoms with E-state index in [2.05, 4.69) is 0 Å². The predicted octanol–water partition coefficient (Wildman–Crippen LogP) is 2.64. The summed E-state index contributed by atoms with van der Waals surface area (Å²) in [5.41, 5.74) is 6.23. The highest BCUT2D eigenvalue weighted by molar-refractivity contribution is 8.00. The van der Waals surface area contributed by atoms with E-state index in [1.807, 2.05) is 18.7 Å². The Morgan fingerprint density at radius 2 is 1.78 bits per heavy atom. The molecule has 1 aliphatic carbocycles. The van der Waals surface area contributed by atoms with E-state index in [-0.39, 0.29) is 11.9 Å². The summed E-state index contributed by atoms with van der Waals surface area (Å²) >= 11 is 1.78. The van der Waals surface area contributed by atoms with E-state index in [1.165, 1.54) is 32.1 Å². The standard InChI is InChI=1S/C14H28N2OS/c1-3-16(4-2)14(17)11-18-13-10-8-6-5-7-9-12(13)15/h12-13H,3-11,15H2,1-2H3. The lowest BCUT2D eigenvalue weighted by Gasteiger charge is -2.26. The first kappa shape index (κ1) is 15.8. The molecule has 1 aliphatic rings. The van der Waals surface area contributed by atoms with Crippen LogP contribution in [0.4, 0.5) is 0 Å². The molecule has 2 atom stereocenters. The van der Waals surface area contributed by atoms with Crippen LogP contribution in [0.5, 0.6) is 0 Å². The predicted molar refractivity (Wildman–Crippen MR) is 79.9 cm³/mol. The highest BCUT2D eigenvalue weighted by Crippen LogP contribution is 2.26. The Morgan fingerprint density at radius 3 is 2.39 bits per heavy atom. The molecule has 0 bridgehead atoms. The lowest BCUT2D eigenvalue weighted by Crippen LogP contribution is -2.36.